The van der Waals surface area contributed by atoms with Gasteiger partial charge in [0, 0.05) is 6.54 Å². The summed E-state index contributed by atoms with van der Waals surface area (Å²) in [5.41, 5.74) is -0.471. The summed E-state index contributed by atoms with van der Waals surface area (Å²) in [6, 6.07) is 3.82. The lowest BCUT2D eigenvalue weighted by Crippen LogP contribution is -2.48. The molecule has 0 saturated carbocycles. The number of piperidine rings is 1. The highest BCUT2D eigenvalue weighted by Gasteiger charge is 2.31. The maximum atomic E-state index is 12.3. The normalized spacial score (nSPS) is 20.7. The van der Waals surface area contributed by atoms with Crippen molar-refractivity contribution in [2.45, 2.75) is 64.7 Å². The van der Waals surface area contributed by atoms with E-state index in [1.165, 1.54) is 0 Å². The van der Waals surface area contributed by atoms with E-state index >= 15 is 0 Å². The molecule has 0 aromatic carbocycles. The highest BCUT2D eigenvalue weighted by molar-refractivity contribution is 5.68. The van der Waals surface area contributed by atoms with Crippen LogP contribution in [0.1, 0.15) is 58.8 Å². The minimum atomic E-state index is -0.471. The molecule has 22 heavy (non-hydrogen) atoms. The zero-order valence-corrected chi connectivity index (χ0v) is 14.0. The molecule has 5 nitrogen and oxygen atoms in total. The van der Waals surface area contributed by atoms with Crippen LogP contribution < -0.4 is 0 Å². The lowest BCUT2D eigenvalue weighted by molar-refractivity contribution is -0.0248. The first kappa shape index (κ1) is 16.9. The summed E-state index contributed by atoms with van der Waals surface area (Å²) in [4.78, 5) is 14.1. The molecule has 2 rings (SSSR count). The molecule has 1 aliphatic rings. The minimum absolute atomic E-state index is 0.0704. The first-order valence-corrected chi connectivity index (χ1v) is 8.01. The van der Waals surface area contributed by atoms with Gasteiger partial charge in [-0.15, -0.1) is 0 Å². The van der Waals surface area contributed by atoms with Crippen LogP contribution in [0.2, 0.25) is 0 Å². The van der Waals surface area contributed by atoms with Crippen LogP contribution in [-0.4, -0.2) is 35.8 Å². The van der Waals surface area contributed by atoms with Gasteiger partial charge in [0.05, 0.1) is 18.9 Å². The molecule has 1 aliphatic heterocycles. The van der Waals surface area contributed by atoms with Crippen LogP contribution in [0.15, 0.2) is 22.8 Å². The first-order chi connectivity index (χ1) is 10.4. The number of furan rings is 1. The molecule has 2 heterocycles. The van der Waals surface area contributed by atoms with E-state index in [-0.39, 0.29) is 18.2 Å². The van der Waals surface area contributed by atoms with Crippen molar-refractivity contribution in [3.8, 4) is 0 Å². The van der Waals surface area contributed by atoms with Crippen molar-refractivity contribution in [2.24, 2.45) is 0 Å². The fourth-order valence-corrected chi connectivity index (χ4v) is 2.59. The Balaban J connectivity index is 1.90. The molecule has 1 aromatic heterocycles. The molecule has 0 unspecified atom stereocenters. The zero-order valence-electron chi connectivity index (χ0n) is 14.0. The van der Waals surface area contributed by atoms with Gasteiger partial charge in [0.1, 0.15) is 17.5 Å². The van der Waals surface area contributed by atoms with E-state index in [0.29, 0.717) is 6.61 Å². The van der Waals surface area contributed by atoms with E-state index in [0.717, 1.165) is 31.6 Å². The summed E-state index contributed by atoms with van der Waals surface area (Å²) in [6.07, 6.45) is 4.36. The predicted octanol–water partition coefficient (Wildman–Crippen LogP) is 4.15. The Morgan fingerprint density at radius 3 is 2.86 bits per heavy atom. The van der Waals surface area contributed by atoms with Crippen molar-refractivity contribution in [3.05, 3.63) is 24.2 Å². The van der Waals surface area contributed by atoms with E-state index in [2.05, 4.69) is 0 Å². The molecule has 0 radical (unpaired) electrons. The fraction of sp³-hybridized carbons (Fsp3) is 0.706. The van der Waals surface area contributed by atoms with Crippen molar-refractivity contribution < 1.29 is 18.7 Å². The maximum absolute atomic E-state index is 12.3. The van der Waals surface area contributed by atoms with Gasteiger partial charge in [0.15, 0.2) is 0 Å². The van der Waals surface area contributed by atoms with Crippen molar-refractivity contribution >= 4 is 6.09 Å². The third-order valence-electron chi connectivity index (χ3n) is 3.74. The Bertz CT molecular complexity index is 464. The van der Waals surface area contributed by atoms with Crippen molar-refractivity contribution in [3.63, 3.8) is 0 Å². The second-order valence-corrected chi connectivity index (χ2v) is 6.81. The molecule has 124 valence electrons. The number of amides is 1. The third kappa shape index (κ3) is 4.77. The van der Waals surface area contributed by atoms with Crippen LogP contribution in [0.25, 0.3) is 0 Å². The molecule has 2 atom stereocenters. The molecule has 5 heteroatoms. The second-order valence-electron chi connectivity index (χ2n) is 6.81. The molecule has 1 aromatic rings. The second kappa shape index (κ2) is 7.18. The quantitative estimate of drug-likeness (QED) is 0.838. The van der Waals surface area contributed by atoms with E-state index in [1.807, 2.05) is 44.7 Å². The standard InChI is InChI=1S/C17H27NO4/c1-13(15-9-7-11-20-15)21-12-14-8-5-6-10-18(14)16(19)22-17(2,3)4/h7,9,11,13-14H,5-6,8,10,12H2,1-4H3/t13-,14-/m0/s1. The number of carbonyl (C=O) groups excluding carboxylic acids is 1. The van der Waals surface area contributed by atoms with E-state index in [4.69, 9.17) is 13.9 Å². The molecular formula is C17H27NO4. The smallest absolute Gasteiger partial charge is 0.410 e. The SMILES string of the molecule is C[C@H](OC[C@@H]1CCCCN1C(=O)OC(C)(C)C)c1ccco1. The summed E-state index contributed by atoms with van der Waals surface area (Å²) in [5.74, 6) is 0.805. The van der Waals surface area contributed by atoms with Gasteiger partial charge in [-0.2, -0.15) is 0 Å². The molecular weight excluding hydrogens is 282 g/mol. The van der Waals surface area contributed by atoms with Crippen molar-refractivity contribution in [1.82, 2.24) is 4.90 Å². The number of hydrogen-bond acceptors (Lipinski definition) is 4. The average molecular weight is 309 g/mol. The molecule has 1 fully saturated rings. The fourth-order valence-electron chi connectivity index (χ4n) is 2.59. The Hall–Kier alpha value is -1.49. The van der Waals surface area contributed by atoms with Crippen LogP contribution in [0, 0.1) is 0 Å². The van der Waals surface area contributed by atoms with E-state index in [1.54, 1.807) is 6.26 Å². The maximum Gasteiger partial charge on any atom is 0.410 e. The highest BCUT2D eigenvalue weighted by atomic mass is 16.6. The minimum Gasteiger partial charge on any atom is -0.467 e. The number of nitrogens with zero attached hydrogens (tertiary/aromatic N) is 1. The zero-order chi connectivity index (χ0) is 16.2. The van der Waals surface area contributed by atoms with Gasteiger partial charge in [0.2, 0.25) is 0 Å². The van der Waals surface area contributed by atoms with Gasteiger partial charge >= 0.3 is 6.09 Å². The van der Waals surface area contributed by atoms with Crippen LogP contribution >= 0.6 is 0 Å². The molecule has 0 bridgehead atoms. The summed E-state index contributed by atoms with van der Waals surface area (Å²) < 4.78 is 16.7. The molecule has 0 spiro atoms. The van der Waals surface area contributed by atoms with Gasteiger partial charge < -0.3 is 18.8 Å². The number of carbonyl (C=O) groups is 1. The number of likely N-dealkylation sites (tertiary alicyclic amines) is 1. The number of rotatable bonds is 4. The summed E-state index contributed by atoms with van der Waals surface area (Å²) in [7, 11) is 0. The van der Waals surface area contributed by atoms with Gasteiger partial charge in [-0.05, 0) is 59.1 Å². The topological polar surface area (TPSA) is 51.9 Å². The van der Waals surface area contributed by atoms with Crippen molar-refractivity contribution in [2.75, 3.05) is 13.2 Å². The van der Waals surface area contributed by atoms with E-state index < -0.39 is 5.60 Å². The van der Waals surface area contributed by atoms with Crippen LogP contribution in [-0.2, 0) is 9.47 Å². The molecule has 1 saturated heterocycles. The van der Waals surface area contributed by atoms with Crippen molar-refractivity contribution in [1.29, 1.82) is 0 Å². The summed E-state index contributed by atoms with van der Waals surface area (Å²) in [5, 5.41) is 0. The number of hydrogen-bond donors (Lipinski definition) is 0. The number of ether oxygens (including phenoxy) is 2. The Labute approximate surface area is 132 Å². The Kier molecular flexibility index (Phi) is 5.51. The van der Waals surface area contributed by atoms with Crippen LogP contribution in [0.4, 0.5) is 4.79 Å². The lowest BCUT2D eigenvalue weighted by Gasteiger charge is -2.36. The van der Waals surface area contributed by atoms with Gasteiger partial charge in [-0.3, -0.25) is 0 Å². The molecule has 0 aliphatic carbocycles. The lowest BCUT2D eigenvalue weighted by atomic mass is 10.0. The third-order valence-corrected chi connectivity index (χ3v) is 3.74. The van der Waals surface area contributed by atoms with Gasteiger partial charge in [0.25, 0.3) is 0 Å². The Morgan fingerprint density at radius 1 is 1.45 bits per heavy atom. The predicted molar refractivity (Wildman–Crippen MR) is 83.7 cm³/mol. The summed E-state index contributed by atoms with van der Waals surface area (Å²) in [6.45, 7) is 8.86. The first-order valence-electron chi connectivity index (χ1n) is 8.01. The average Bonchev–Trinajstić information content (AvgIpc) is 2.97. The van der Waals surface area contributed by atoms with Crippen LogP contribution in [0.5, 0.6) is 0 Å². The largest absolute Gasteiger partial charge is 0.467 e. The van der Waals surface area contributed by atoms with Crippen LogP contribution in [0.3, 0.4) is 0 Å². The van der Waals surface area contributed by atoms with Gasteiger partial charge in [-0.1, -0.05) is 0 Å². The van der Waals surface area contributed by atoms with E-state index in [9.17, 15) is 4.79 Å². The molecule has 1 amide bonds. The van der Waals surface area contributed by atoms with Gasteiger partial charge in [-0.25, -0.2) is 4.79 Å². The highest BCUT2D eigenvalue weighted by Crippen LogP contribution is 2.23. The Morgan fingerprint density at radius 2 is 2.23 bits per heavy atom. The molecule has 0 N–H and O–H groups in total. The summed E-state index contributed by atoms with van der Waals surface area (Å²) >= 11 is 0. The monoisotopic (exact) mass is 309 g/mol.